The molecule has 5 atom stereocenters. The number of halogens is 2. The van der Waals surface area contributed by atoms with Crippen LogP contribution in [0.2, 0.25) is 0 Å². The summed E-state index contributed by atoms with van der Waals surface area (Å²) in [5.74, 6) is -2.94. The first-order valence-electron chi connectivity index (χ1n) is 5.54. The third-order valence-corrected chi connectivity index (χ3v) is 3.17. The van der Waals surface area contributed by atoms with Crippen molar-refractivity contribution < 1.29 is 28.8 Å². The second-order valence-corrected chi connectivity index (χ2v) is 4.63. The minimum Gasteiger partial charge on any atom is -0.390 e. The van der Waals surface area contributed by atoms with Crippen molar-refractivity contribution in [2.75, 3.05) is 6.61 Å². The monoisotopic (exact) mass is 279 g/mol. The van der Waals surface area contributed by atoms with Gasteiger partial charge in [0.2, 0.25) is 6.35 Å². The lowest BCUT2D eigenvalue weighted by Crippen LogP contribution is -2.52. The zero-order valence-corrected chi connectivity index (χ0v) is 10.1. The van der Waals surface area contributed by atoms with E-state index in [0.29, 0.717) is 0 Å². The minimum absolute atomic E-state index is 0.0107. The molecule has 19 heavy (non-hydrogen) atoms. The van der Waals surface area contributed by atoms with E-state index < -0.39 is 36.8 Å². The second kappa shape index (κ2) is 4.37. The van der Waals surface area contributed by atoms with Gasteiger partial charge in [-0.1, -0.05) is 0 Å². The molecule has 1 unspecified atom stereocenters. The number of aliphatic hydroxyl groups excluding tert-OH is 3. The summed E-state index contributed by atoms with van der Waals surface area (Å²) in [6, 6.07) is 0. The minimum atomic E-state index is -2.95. The fourth-order valence-corrected chi connectivity index (χ4v) is 2.08. The van der Waals surface area contributed by atoms with E-state index in [2.05, 4.69) is 4.99 Å². The molecule has 2 rings (SSSR count). The fourth-order valence-electron chi connectivity index (χ4n) is 2.08. The lowest BCUT2D eigenvalue weighted by atomic mass is 9.97. The Balaban J connectivity index is 2.29. The van der Waals surface area contributed by atoms with Crippen LogP contribution in [0.4, 0.5) is 8.78 Å². The van der Waals surface area contributed by atoms with Crippen LogP contribution in [0.1, 0.15) is 6.92 Å². The molecule has 2 heterocycles. The Morgan fingerprint density at radius 3 is 2.63 bits per heavy atom. The van der Waals surface area contributed by atoms with E-state index in [4.69, 9.17) is 15.6 Å². The number of nitrogens with zero attached hydrogens (tertiary/aromatic N) is 2. The Hall–Kier alpha value is -1.29. The van der Waals surface area contributed by atoms with Crippen LogP contribution in [0.15, 0.2) is 17.3 Å². The molecule has 2 aliphatic rings. The highest BCUT2D eigenvalue weighted by molar-refractivity contribution is 5.91. The summed E-state index contributed by atoms with van der Waals surface area (Å²) < 4.78 is 33.1. The van der Waals surface area contributed by atoms with Gasteiger partial charge in [0.15, 0.2) is 18.0 Å². The predicted octanol–water partition coefficient (Wildman–Crippen LogP) is -1.45. The Morgan fingerprint density at radius 1 is 1.53 bits per heavy atom. The van der Waals surface area contributed by atoms with Crippen molar-refractivity contribution in [3.8, 4) is 0 Å². The van der Waals surface area contributed by atoms with Gasteiger partial charge in [-0.05, 0) is 13.0 Å². The summed E-state index contributed by atoms with van der Waals surface area (Å²) in [6.45, 7) is -0.315. The Labute approximate surface area is 107 Å². The summed E-state index contributed by atoms with van der Waals surface area (Å²) in [4.78, 5) is 4.41. The highest BCUT2D eigenvalue weighted by Crippen LogP contribution is 2.44. The maximum absolute atomic E-state index is 14.4. The van der Waals surface area contributed by atoms with Crippen molar-refractivity contribution >= 4 is 5.84 Å². The van der Waals surface area contributed by atoms with Gasteiger partial charge in [0.05, 0.1) is 0 Å². The highest BCUT2D eigenvalue weighted by Gasteiger charge is 2.65. The van der Waals surface area contributed by atoms with Crippen LogP contribution < -0.4 is 5.73 Å². The Bertz CT molecular complexity index is 431. The summed E-state index contributed by atoms with van der Waals surface area (Å²) in [5.41, 5.74) is 2.77. The lowest BCUT2D eigenvalue weighted by Gasteiger charge is -2.35. The first kappa shape index (κ1) is 14.1. The molecule has 0 radical (unpaired) electrons. The van der Waals surface area contributed by atoms with Crippen molar-refractivity contribution in [2.45, 2.75) is 37.1 Å². The number of ether oxygens (including phenoxy) is 1. The van der Waals surface area contributed by atoms with Gasteiger partial charge in [-0.25, -0.2) is 13.8 Å². The van der Waals surface area contributed by atoms with Gasteiger partial charge in [-0.2, -0.15) is 0 Å². The van der Waals surface area contributed by atoms with Crippen molar-refractivity contribution in [3.05, 3.63) is 12.3 Å². The molecule has 0 aliphatic carbocycles. The Kier molecular flexibility index (Phi) is 3.25. The molecule has 108 valence electrons. The Morgan fingerprint density at radius 2 is 2.16 bits per heavy atom. The van der Waals surface area contributed by atoms with Crippen LogP contribution in [-0.2, 0) is 4.74 Å². The van der Waals surface area contributed by atoms with E-state index >= 15 is 0 Å². The van der Waals surface area contributed by atoms with Crippen LogP contribution in [0, 0.1) is 0 Å². The molecule has 9 heteroatoms. The van der Waals surface area contributed by atoms with Gasteiger partial charge in [0.25, 0.3) is 5.85 Å². The van der Waals surface area contributed by atoms with Crippen molar-refractivity contribution in [1.82, 2.24) is 4.90 Å². The first-order chi connectivity index (χ1) is 8.72. The van der Waals surface area contributed by atoms with E-state index in [0.717, 1.165) is 11.8 Å². The van der Waals surface area contributed by atoms with E-state index in [9.17, 15) is 19.0 Å². The molecule has 7 nitrogen and oxygen atoms in total. The number of aliphatic imine (C=N–C) groups is 1. The molecule has 2 aliphatic heterocycles. The number of aliphatic hydroxyl groups is 3. The van der Waals surface area contributed by atoms with Gasteiger partial charge in [0.1, 0.15) is 12.4 Å². The number of alkyl halides is 2. The molecule has 0 amide bonds. The molecule has 0 spiro atoms. The van der Waals surface area contributed by atoms with E-state index in [-0.39, 0.29) is 5.84 Å². The lowest BCUT2D eigenvalue weighted by molar-refractivity contribution is -0.223. The van der Waals surface area contributed by atoms with E-state index in [1.165, 1.54) is 12.3 Å². The van der Waals surface area contributed by atoms with Gasteiger partial charge in [0, 0.05) is 6.20 Å². The van der Waals surface area contributed by atoms with Crippen LogP contribution in [-0.4, -0.2) is 62.9 Å². The summed E-state index contributed by atoms with van der Waals surface area (Å²) in [7, 11) is 0. The maximum atomic E-state index is 14.4. The second-order valence-electron chi connectivity index (χ2n) is 4.63. The number of amidine groups is 1. The van der Waals surface area contributed by atoms with Crippen molar-refractivity contribution in [3.63, 3.8) is 0 Å². The number of hydrogen-bond acceptors (Lipinski definition) is 7. The van der Waals surface area contributed by atoms with Gasteiger partial charge >= 0.3 is 0 Å². The largest absolute Gasteiger partial charge is 0.390 e. The van der Waals surface area contributed by atoms with Crippen molar-refractivity contribution in [2.24, 2.45) is 10.7 Å². The highest BCUT2D eigenvalue weighted by atomic mass is 19.2. The molecular weight excluding hydrogens is 264 g/mol. The normalized spacial score (nSPS) is 46.5. The molecule has 0 bridgehead atoms. The first-order valence-corrected chi connectivity index (χ1v) is 5.54. The van der Waals surface area contributed by atoms with Gasteiger partial charge < -0.3 is 30.7 Å². The topological polar surface area (TPSA) is 112 Å². The molecule has 1 saturated heterocycles. The van der Waals surface area contributed by atoms with E-state index in [1.807, 2.05) is 0 Å². The number of rotatable bonds is 2. The molecular formula is C10H15F2N3O4. The van der Waals surface area contributed by atoms with E-state index in [1.54, 1.807) is 0 Å². The predicted molar refractivity (Wildman–Crippen MR) is 59.9 cm³/mol. The standard InChI is InChI=1S/C10H15F2N3O4/c1-9(11)6(17)10(12,4-16)19-7(9)15-3-2-5(13)14-8(15)18/h2-3,6-8,16-18H,4H2,1H3,(H2,13,14)/t6-,7+,8?,9+,10+/m0/s1. The fraction of sp³-hybridized carbons (Fsp3) is 0.700. The van der Waals surface area contributed by atoms with Crippen LogP contribution in [0.3, 0.4) is 0 Å². The molecule has 1 fully saturated rings. The number of nitrogens with two attached hydrogens (primary N) is 1. The molecule has 0 saturated carbocycles. The molecule has 0 aromatic rings. The SMILES string of the molecule is C[C@]1(F)[C@H](N2C=CC(N)=NC2O)O[C@](F)(CO)[C@H]1O. The summed E-state index contributed by atoms with van der Waals surface area (Å²) in [5, 5.41) is 28.1. The summed E-state index contributed by atoms with van der Waals surface area (Å²) >= 11 is 0. The smallest absolute Gasteiger partial charge is 0.263 e. The third kappa shape index (κ3) is 2.08. The molecule has 5 N–H and O–H groups in total. The zero-order valence-electron chi connectivity index (χ0n) is 10.1. The van der Waals surface area contributed by atoms with Crippen LogP contribution in [0.5, 0.6) is 0 Å². The maximum Gasteiger partial charge on any atom is 0.263 e. The molecule has 0 aromatic heterocycles. The molecule has 0 aromatic carbocycles. The van der Waals surface area contributed by atoms with Crippen molar-refractivity contribution in [1.29, 1.82) is 0 Å². The average molecular weight is 279 g/mol. The average Bonchev–Trinajstić information content (AvgIpc) is 2.51. The van der Waals surface area contributed by atoms with Crippen LogP contribution >= 0.6 is 0 Å². The van der Waals surface area contributed by atoms with Crippen LogP contribution in [0.25, 0.3) is 0 Å². The van der Waals surface area contributed by atoms with Gasteiger partial charge in [-0.3, -0.25) is 0 Å². The number of hydrogen-bond donors (Lipinski definition) is 4. The third-order valence-electron chi connectivity index (χ3n) is 3.17. The quantitative estimate of drug-likeness (QED) is 0.492. The van der Waals surface area contributed by atoms with Gasteiger partial charge in [-0.15, -0.1) is 0 Å². The summed E-state index contributed by atoms with van der Waals surface area (Å²) in [6.07, 6.45) is -3.01. The zero-order chi connectivity index (χ0) is 14.4.